The standard InChI is InChI=1S/C20H22INO5/c1-22(20(24)27-13-14-7-5-4-6-8-14)17(19(23)26-3)12-15-9-10-18(25-2)16(21)11-15/h4-11,17H,12-13H2,1-3H3/t17-/m0/s1. The number of hydrogen-bond acceptors (Lipinski definition) is 5. The van der Waals surface area contributed by atoms with E-state index in [0.29, 0.717) is 6.42 Å². The number of rotatable bonds is 7. The summed E-state index contributed by atoms with van der Waals surface area (Å²) in [5.41, 5.74) is 1.76. The van der Waals surface area contributed by atoms with Gasteiger partial charge in [-0.2, -0.15) is 0 Å². The van der Waals surface area contributed by atoms with Crippen LogP contribution in [0.4, 0.5) is 4.79 Å². The lowest BCUT2D eigenvalue weighted by Crippen LogP contribution is -2.44. The predicted molar refractivity (Wildman–Crippen MR) is 110 cm³/mol. The van der Waals surface area contributed by atoms with Crippen molar-refractivity contribution in [1.29, 1.82) is 0 Å². The quantitative estimate of drug-likeness (QED) is 0.445. The second-order valence-corrected chi connectivity index (χ2v) is 7.03. The fourth-order valence-electron chi connectivity index (χ4n) is 2.52. The summed E-state index contributed by atoms with van der Waals surface area (Å²) in [5, 5.41) is 0. The van der Waals surface area contributed by atoms with Gasteiger partial charge in [0.15, 0.2) is 0 Å². The maximum absolute atomic E-state index is 12.4. The maximum atomic E-state index is 12.4. The van der Waals surface area contributed by atoms with E-state index in [1.807, 2.05) is 48.5 Å². The van der Waals surface area contributed by atoms with Crippen molar-refractivity contribution in [1.82, 2.24) is 4.90 Å². The number of carbonyl (C=O) groups is 2. The molecule has 2 aromatic carbocycles. The third-order valence-corrected chi connectivity index (χ3v) is 4.92. The number of amides is 1. The number of carbonyl (C=O) groups excluding carboxylic acids is 2. The van der Waals surface area contributed by atoms with Gasteiger partial charge in [-0.15, -0.1) is 0 Å². The summed E-state index contributed by atoms with van der Waals surface area (Å²) in [5.74, 6) is 0.254. The first-order valence-electron chi connectivity index (χ1n) is 8.30. The monoisotopic (exact) mass is 483 g/mol. The largest absolute Gasteiger partial charge is 0.496 e. The van der Waals surface area contributed by atoms with E-state index in [1.54, 1.807) is 7.11 Å². The average Bonchev–Trinajstić information content (AvgIpc) is 2.70. The Morgan fingerprint density at radius 1 is 1.07 bits per heavy atom. The molecule has 0 heterocycles. The van der Waals surface area contributed by atoms with Gasteiger partial charge in [-0.3, -0.25) is 4.90 Å². The molecule has 0 saturated heterocycles. The smallest absolute Gasteiger partial charge is 0.410 e. The zero-order valence-electron chi connectivity index (χ0n) is 15.5. The topological polar surface area (TPSA) is 65.1 Å². The lowest BCUT2D eigenvalue weighted by molar-refractivity contribution is -0.146. The highest BCUT2D eigenvalue weighted by atomic mass is 127. The molecule has 0 bridgehead atoms. The zero-order chi connectivity index (χ0) is 19.8. The van der Waals surface area contributed by atoms with Gasteiger partial charge in [0.05, 0.1) is 17.8 Å². The highest BCUT2D eigenvalue weighted by Crippen LogP contribution is 2.23. The van der Waals surface area contributed by atoms with Crippen LogP contribution in [0.1, 0.15) is 11.1 Å². The van der Waals surface area contributed by atoms with E-state index < -0.39 is 18.1 Å². The van der Waals surface area contributed by atoms with E-state index in [-0.39, 0.29) is 6.61 Å². The molecule has 2 rings (SSSR count). The molecule has 0 aliphatic rings. The van der Waals surface area contributed by atoms with Gasteiger partial charge in [0.2, 0.25) is 0 Å². The second-order valence-electron chi connectivity index (χ2n) is 5.86. The van der Waals surface area contributed by atoms with Crippen molar-refractivity contribution < 1.29 is 23.8 Å². The van der Waals surface area contributed by atoms with E-state index in [2.05, 4.69) is 22.6 Å². The maximum Gasteiger partial charge on any atom is 0.410 e. The Labute approximate surface area is 172 Å². The zero-order valence-corrected chi connectivity index (χ0v) is 17.6. The van der Waals surface area contributed by atoms with Crippen LogP contribution in [0, 0.1) is 3.57 Å². The Bertz CT molecular complexity index is 781. The van der Waals surface area contributed by atoms with Gasteiger partial charge >= 0.3 is 12.1 Å². The first kappa shape index (κ1) is 21.0. The van der Waals surface area contributed by atoms with Crippen LogP contribution in [0.25, 0.3) is 0 Å². The van der Waals surface area contributed by atoms with Gasteiger partial charge < -0.3 is 14.2 Å². The summed E-state index contributed by atoms with van der Waals surface area (Å²) in [7, 11) is 4.44. The van der Waals surface area contributed by atoms with E-state index in [4.69, 9.17) is 14.2 Å². The summed E-state index contributed by atoms with van der Waals surface area (Å²) in [6.45, 7) is 0.137. The average molecular weight is 483 g/mol. The number of halogens is 1. The lowest BCUT2D eigenvalue weighted by Gasteiger charge is -2.25. The number of hydrogen-bond donors (Lipinski definition) is 0. The molecule has 0 unspecified atom stereocenters. The Hall–Kier alpha value is -2.29. The van der Waals surface area contributed by atoms with Gasteiger partial charge in [0.25, 0.3) is 0 Å². The molecule has 7 heteroatoms. The van der Waals surface area contributed by atoms with Crippen LogP contribution in [-0.2, 0) is 27.3 Å². The number of benzene rings is 2. The summed E-state index contributed by atoms with van der Waals surface area (Å²) < 4.78 is 16.4. The third kappa shape index (κ3) is 5.85. The predicted octanol–water partition coefficient (Wildman–Crippen LogP) is 3.65. The fourth-order valence-corrected chi connectivity index (χ4v) is 3.32. The van der Waals surface area contributed by atoms with Gasteiger partial charge in [0, 0.05) is 13.5 Å². The van der Waals surface area contributed by atoms with Crippen molar-refractivity contribution in [3.05, 3.63) is 63.2 Å². The molecule has 27 heavy (non-hydrogen) atoms. The fraction of sp³-hybridized carbons (Fsp3) is 0.300. The molecule has 1 amide bonds. The highest BCUT2D eigenvalue weighted by Gasteiger charge is 2.29. The van der Waals surface area contributed by atoms with Crippen molar-refractivity contribution in [2.24, 2.45) is 0 Å². The normalized spacial score (nSPS) is 11.4. The van der Waals surface area contributed by atoms with E-state index in [9.17, 15) is 9.59 Å². The van der Waals surface area contributed by atoms with Crippen molar-refractivity contribution in [3.8, 4) is 5.75 Å². The Kier molecular flexibility index (Phi) is 7.90. The molecule has 0 radical (unpaired) electrons. The molecule has 0 fully saturated rings. The Morgan fingerprint density at radius 2 is 1.78 bits per heavy atom. The van der Waals surface area contributed by atoms with E-state index in [0.717, 1.165) is 20.4 Å². The SMILES string of the molecule is COC(=O)[C@H](Cc1ccc(OC)c(I)c1)N(C)C(=O)OCc1ccccc1. The molecule has 0 aliphatic carbocycles. The second kappa shape index (κ2) is 10.1. The molecule has 144 valence electrons. The van der Waals surface area contributed by atoms with Crippen molar-refractivity contribution >= 4 is 34.7 Å². The first-order chi connectivity index (χ1) is 13.0. The molecule has 1 atom stereocenters. The minimum atomic E-state index is -0.789. The molecule has 0 aromatic heterocycles. The number of likely N-dealkylation sites (N-methyl/N-ethyl adjacent to an activating group) is 1. The van der Waals surface area contributed by atoms with Crippen LogP contribution in [0.5, 0.6) is 5.75 Å². The van der Waals surface area contributed by atoms with Gasteiger partial charge in [0.1, 0.15) is 18.4 Å². The number of methoxy groups -OCH3 is 2. The van der Waals surface area contributed by atoms with E-state index in [1.165, 1.54) is 19.1 Å². The van der Waals surface area contributed by atoms with Crippen LogP contribution in [0.3, 0.4) is 0 Å². The summed E-state index contributed by atoms with van der Waals surface area (Å²) in [4.78, 5) is 25.9. The molecule has 0 aliphatic heterocycles. The van der Waals surface area contributed by atoms with Crippen molar-refractivity contribution in [2.75, 3.05) is 21.3 Å². The van der Waals surface area contributed by atoms with Crippen LogP contribution in [0.2, 0.25) is 0 Å². The summed E-state index contributed by atoms with van der Waals surface area (Å²) >= 11 is 2.16. The molecule has 2 aromatic rings. The van der Waals surface area contributed by atoms with Crippen LogP contribution < -0.4 is 4.74 Å². The minimum absolute atomic E-state index is 0.137. The van der Waals surface area contributed by atoms with Gasteiger partial charge in [-0.1, -0.05) is 36.4 Å². The first-order valence-corrected chi connectivity index (χ1v) is 9.38. The summed E-state index contributed by atoms with van der Waals surface area (Å²) in [6, 6.07) is 14.2. The van der Waals surface area contributed by atoms with Gasteiger partial charge in [-0.25, -0.2) is 9.59 Å². The molecule has 0 N–H and O–H groups in total. The third-order valence-electron chi connectivity index (χ3n) is 4.08. The molecular weight excluding hydrogens is 461 g/mol. The molecule has 6 nitrogen and oxygen atoms in total. The number of ether oxygens (including phenoxy) is 3. The van der Waals surface area contributed by atoms with Crippen LogP contribution in [0.15, 0.2) is 48.5 Å². The Morgan fingerprint density at radius 3 is 2.37 bits per heavy atom. The van der Waals surface area contributed by atoms with Crippen molar-refractivity contribution in [2.45, 2.75) is 19.1 Å². The number of esters is 1. The number of nitrogens with zero attached hydrogens (tertiary/aromatic N) is 1. The summed E-state index contributed by atoms with van der Waals surface area (Å²) in [6.07, 6.45) is -0.277. The van der Waals surface area contributed by atoms with Crippen LogP contribution in [-0.4, -0.2) is 44.3 Å². The minimum Gasteiger partial charge on any atom is -0.496 e. The Balaban J connectivity index is 2.08. The van der Waals surface area contributed by atoms with Gasteiger partial charge in [-0.05, 0) is 45.9 Å². The van der Waals surface area contributed by atoms with Crippen molar-refractivity contribution in [3.63, 3.8) is 0 Å². The molecular formula is C20H22INO5. The highest BCUT2D eigenvalue weighted by molar-refractivity contribution is 14.1. The van der Waals surface area contributed by atoms with Crippen LogP contribution >= 0.6 is 22.6 Å². The van der Waals surface area contributed by atoms with E-state index >= 15 is 0 Å². The molecule has 0 saturated carbocycles. The molecule has 0 spiro atoms. The lowest BCUT2D eigenvalue weighted by atomic mass is 10.0.